The predicted octanol–water partition coefficient (Wildman–Crippen LogP) is 1.75. The van der Waals surface area contributed by atoms with Gasteiger partial charge < -0.3 is 25.4 Å². The molecular weight excluding hydrogens is 456 g/mol. The number of pyridine rings is 1. The van der Waals surface area contributed by atoms with Gasteiger partial charge in [0.25, 0.3) is 0 Å². The molecule has 3 heterocycles. The lowest BCUT2D eigenvalue weighted by atomic mass is 9.99. The van der Waals surface area contributed by atoms with Crippen LogP contribution >= 0.6 is 0 Å². The largest absolute Gasteiger partial charge is 0.492 e. The number of carbonyl (C=O) groups excluding carboxylic acids is 1. The third kappa shape index (κ3) is 6.99. The van der Waals surface area contributed by atoms with Gasteiger partial charge in [-0.05, 0) is 44.2 Å². The summed E-state index contributed by atoms with van der Waals surface area (Å²) in [4.78, 5) is 17.4. The summed E-state index contributed by atoms with van der Waals surface area (Å²) in [5.74, 6) is 2.05. The van der Waals surface area contributed by atoms with E-state index >= 15 is 0 Å². The normalized spacial score (nSPS) is 19.1. The number of aromatic nitrogens is 1. The van der Waals surface area contributed by atoms with Crippen LogP contribution in [0.5, 0.6) is 5.75 Å². The minimum atomic E-state index is -1.55. The van der Waals surface area contributed by atoms with Gasteiger partial charge in [-0.1, -0.05) is 6.07 Å². The zero-order chi connectivity index (χ0) is 24.3. The van der Waals surface area contributed by atoms with Gasteiger partial charge in [0.05, 0.1) is 24.5 Å². The van der Waals surface area contributed by atoms with Crippen molar-refractivity contribution in [3.63, 3.8) is 0 Å². The molecule has 1 aromatic heterocycles. The number of benzene rings is 1. The summed E-state index contributed by atoms with van der Waals surface area (Å²) in [6.45, 7) is 4.04. The molecular formula is C23H32N6O4S. The number of rotatable bonds is 8. The van der Waals surface area contributed by atoms with E-state index in [4.69, 9.17) is 15.2 Å². The van der Waals surface area contributed by atoms with Crippen molar-refractivity contribution in [3.8, 4) is 5.75 Å². The number of hydrogen-bond acceptors (Lipinski definition) is 8. The summed E-state index contributed by atoms with van der Waals surface area (Å²) < 4.78 is 29.1. The highest BCUT2D eigenvalue weighted by Crippen LogP contribution is 2.30. The number of aldehydes is 1. The summed E-state index contributed by atoms with van der Waals surface area (Å²) >= 11 is -1.55. The van der Waals surface area contributed by atoms with E-state index in [-0.39, 0.29) is 5.84 Å². The topological polar surface area (TPSA) is 131 Å². The van der Waals surface area contributed by atoms with Crippen LogP contribution in [0.3, 0.4) is 0 Å². The van der Waals surface area contributed by atoms with E-state index < -0.39 is 11.2 Å². The minimum Gasteiger partial charge on any atom is -0.492 e. The van der Waals surface area contributed by atoms with E-state index in [2.05, 4.69) is 24.3 Å². The molecule has 184 valence electrons. The average Bonchev–Trinajstić information content (AvgIpc) is 2.86. The molecule has 0 spiro atoms. The first-order valence-electron chi connectivity index (χ1n) is 11.1. The number of carbonyl (C=O) groups is 1. The molecule has 34 heavy (non-hydrogen) atoms. The van der Waals surface area contributed by atoms with Gasteiger partial charge in [0.15, 0.2) is 6.29 Å². The van der Waals surface area contributed by atoms with Crippen LogP contribution in [0.4, 0.5) is 11.5 Å². The van der Waals surface area contributed by atoms with Gasteiger partial charge in [-0.2, -0.15) is 4.40 Å². The summed E-state index contributed by atoms with van der Waals surface area (Å²) in [5, 5.41) is 2.94. The van der Waals surface area contributed by atoms with Crippen molar-refractivity contribution in [2.24, 2.45) is 16.0 Å². The molecule has 4 rings (SSSR count). The molecule has 11 heteroatoms. The lowest BCUT2D eigenvalue weighted by molar-refractivity contribution is 0.112. The second kappa shape index (κ2) is 13.0. The molecule has 0 radical (unpaired) electrons. The van der Waals surface area contributed by atoms with Gasteiger partial charge in [0.2, 0.25) is 11.2 Å². The van der Waals surface area contributed by atoms with Crippen LogP contribution in [-0.4, -0.2) is 68.3 Å². The lowest BCUT2D eigenvalue weighted by Gasteiger charge is -2.33. The number of nitrogens with one attached hydrogen (secondary N) is 2. The first kappa shape index (κ1) is 25.6. The number of nitrogens with zero attached hydrogens (tertiary/aromatic N) is 3. The molecule has 1 fully saturated rings. The van der Waals surface area contributed by atoms with Gasteiger partial charge in [-0.3, -0.25) is 9.52 Å². The third-order valence-corrected chi connectivity index (χ3v) is 6.20. The quantitative estimate of drug-likeness (QED) is 0.378. The van der Waals surface area contributed by atoms with Gasteiger partial charge in [-0.15, -0.1) is 0 Å². The molecule has 0 amide bonds. The van der Waals surface area contributed by atoms with Gasteiger partial charge in [0, 0.05) is 44.4 Å². The first-order valence-corrected chi connectivity index (χ1v) is 12.2. The van der Waals surface area contributed by atoms with Gasteiger partial charge >= 0.3 is 0 Å². The van der Waals surface area contributed by atoms with Crippen LogP contribution in [0.25, 0.3) is 0 Å². The molecule has 2 aliphatic heterocycles. The van der Waals surface area contributed by atoms with Crippen molar-refractivity contribution >= 4 is 34.8 Å². The van der Waals surface area contributed by atoms with Crippen molar-refractivity contribution in [1.82, 2.24) is 10.3 Å². The summed E-state index contributed by atoms with van der Waals surface area (Å²) in [7, 11) is 3.59. The molecule has 2 aliphatic rings. The minimum absolute atomic E-state index is 0.215. The third-order valence-electron chi connectivity index (χ3n) is 5.44. The summed E-state index contributed by atoms with van der Waals surface area (Å²) in [6.07, 6.45) is 4.49. The summed E-state index contributed by atoms with van der Waals surface area (Å²) in [6, 6.07) is 9.15. The molecule has 2 atom stereocenters. The lowest BCUT2D eigenvalue weighted by Crippen LogP contribution is -2.38. The van der Waals surface area contributed by atoms with E-state index in [1.165, 1.54) is 0 Å². The fraction of sp³-hybridized carbons (Fsp3) is 0.435. The average molecular weight is 489 g/mol. The fourth-order valence-electron chi connectivity index (χ4n) is 3.73. The maximum absolute atomic E-state index is 11.6. The smallest absolute Gasteiger partial charge is 0.245 e. The Bertz CT molecular complexity index is 997. The number of amidine groups is 1. The molecule has 0 saturated carbocycles. The van der Waals surface area contributed by atoms with Crippen molar-refractivity contribution < 1.29 is 18.5 Å². The fourth-order valence-corrected chi connectivity index (χ4v) is 4.40. The highest BCUT2D eigenvalue weighted by atomic mass is 32.2. The van der Waals surface area contributed by atoms with Crippen molar-refractivity contribution in [3.05, 3.63) is 47.7 Å². The van der Waals surface area contributed by atoms with E-state index in [1.807, 2.05) is 25.2 Å². The molecule has 1 saturated heterocycles. The van der Waals surface area contributed by atoms with E-state index in [9.17, 15) is 9.00 Å². The van der Waals surface area contributed by atoms with Crippen LogP contribution in [0.15, 0.2) is 40.9 Å². The Balaban J connectivity index is 0.000000481. The molecule has 2 aromatic rings. The number of fused-ring (bicyclic) bond motifs is 1. The number of ether oxygens (including phenoxy) is 2. The van der Waals surface area contributed by atoms with E-state index in [1.54, 1.807) is 25.4 Å². The van der Waals surface area contributed by atoms with Gasteiger partial charge in [-0.25, -0.2) is 9.19 Å². The first-order chi connectivity index (χ1) is 16.5. The van der Waals surface area contributed by atoms with Crippen LogP contribution in [0.1, 0.15) is 28.8 Å². The Kier molecular flexibility index (Phi) is 9.80. The number of hydrogen-bond donors (Lipinski definition) is 3. The zero-order valence-corrected chi connectivity index (χ0v) is 20.3. The van der Waals surface area contributed by atoms with E-state index in [0.717, 1.165) is 51.2 Å². The highest BCUT2D eigenvalue weighted by Gasteiger charge is 2.24. The van der Waals surface area contributed by atoms with Crippen molar-refractivity contribution in [2.75, 3.05) is 56.6 Å². The molecule has 4 N–H and O–H groups in total. The SMILES string of the molecule is CNCCOC.NC1=NS(=O)Nc2cccc(OCC3CCCN(c4ccc(C=O)cn4)C3)c21. The summed E-state index contributed by atoms with van der Waals surface area (Å²) in [5.41, 5.74) is 7.85. The van der Waals surface area contributed by atoms with Crippen molar-refractivity contribution in [1.29, 1.82) is 0 Å². The highest BCUT2D eigenvalue weighted by molar-refractivity contribution is 7.85. The predicted molar refractivity (Wildman–Crippen MR) is 135 cm³/mol. The second-order valence-corrected chi connectivity index (χ2v) is 8.82. The molecule has 10 nitrogen and oxygen atoms in total. The Morgan fingerprint density at radius 2 is 2.21 bits per heavy atom. The zero-order valence-electron chi connectivity index (χ0n) is 19.5. The Morgan fingerprint density at radius 1 is 1.35 bits per heavy atom. The second-order valence-electron chi connectivity index (χ2n) is 7.94. The number of nitrogens with two attached hydrogens (primary N) is 1. The molecule has 0 bridgehead atoms. The van der Waals surface area contributed by atoms with E-state index in [0.29, 0.717) is 35.1 Å². The van der Waals surface area contributed by atoms with Crippen LogP contribution in [0.2, 0.25) is 0 Å². The van der Waals surface area contributed by atoms with Crippen LogP contribution < -0.4 is 25.4 Å². The monoisotopic (exact) mass is 488 g/mol. The Morgan fingerprint density at radius 3 is 2.88 bits per heavy atom. The van der Waals surface area contributed by atoms with Crippen LogP contribution in [0, 0.1) is 5.92 Å². The maximum Gasteiger partial charge on any atom is 0.245 e. The standard InChI is InChI=1S/C19H21N5O3S.C4H11NO/c20-19-18-15(22-28(26)23-19)4-1-5-16(18)27-12-14-3-2-8-24(10-14)17-7-6-13(11-25)9-21-17;1-5-3-4-6-2/h1,4-7,9,11,14,22H,2-3,8,10,12H2,(H2,20,23);5H,3-4H2,1-2H3. The Hall–Kier alpha value is -3.02. The maximum atomic E-state index is 11.6. The van der Waals surface area contributed by atoms with Gasteiger partial charge in [0.1, 0.15) is 17.4 Å². The number of methoxy groups -OCH3 is 1. The Labute approximate surface area is 202 Å². The number of likely N-dealkylation sites (N-methyl/N-ethyl adjacent to an activating group) is 1. The van der Waals surface area contributed by atoms with Crippen LogP contribution in [-0.2, 0) is 15.9 Å². The molecule has 0 aliphatic carbocycles. The molecule has 1 aromatic carbocycles. The molecule has 2 unspecified atom stereocenters. The van der Waals surface area contributed by atoms with Crippen molar-refractivity contribution in [2.45, 2.75) is 12.8 Å². The number of anilines is 2. The number of piperidine rings is 1.